The number of benzene rings is 2. The Labute approximate surface area is 176 Å². The number of hydrogen-bond acceptors (Lipinski definition) is 5. The molecular formula is C19H16Cl2N2O4S. The number of hydrogen-bond donors (Lipinski definition) is 1. The number of nitrogens with one attached hydrogen (secondary N) is 1. The maximum atomic E-state index is 13.0. The van der Waals surface area contributed by atoms with Crippen LogP contribution in [0.15, 0.2) is 41.3 Å². The molecule has 2 aromatic rings. The normalized spacial score (nSPS) is 20.6. The van der Waals surface area contributed by atoms with Crippen LogP contribution in [-0.4, -0.2) is 35.9 Å². The lowest BCUT2D eigenvalue weighted by molar-refractivity contribution is -0.130. The highest BCUT2D eigenvalue weighted by Crippen LogP contribution is 2.38. The van der Waals surface area contributed by atoms with Crippen LogP contribution in [0.4, 0.5) is 4.79 Å². The standard InChI is InChI=1S/C19H16Cl2N2O4S/c1-19(11-2-5-14-15(8-11)27-10-26-14)17(24)23(18(25)22-19)6-7-28-16-9-12(20)3-4-13(16)21/h2-5,8-9H,6-7,10H2,1H3,(H,22,25)/t19-/m1/s1. The van der Waals surface area contributed by atoms with Crippen molar-refractivity contribution >= 4 is 46.9 Å². The number of amides is 3. The summed E-state index contributed by atoms with van der Waals surface area (Å²) in [5.74, 6) is 1.37. The molecule has 2 heterocycles. The summed E-state index contributed by atoms with van der Waals surface area (Å²) in [5, 5.41) is 3.95. The van der Waals surface area contributed by atoms with Crippen molar-refractivity contribution in [1.29, 1.82) is 0 Å². The molecule has 1 fully saturated rings. The third-order valence-electron chi connectivity index (χ3n) is 4.69. The van der Waals surface area contributed by atoms with E-state index in [1.165, 1.54) is 16.7 Å². The number of urea groups is 1. The molecular weight excluding hydrogens is 423 g/mol. The quantitative estimate of drug-likeness (QED) is 0.557. The van der Waals surface area contributed by atoms with E-state index in [9.17, 15) is 9.59 Å². The number of halogens is 2. The van der Waals surface area contributed by atoms with Gasteiger partial charge in [0.2, 0.25) is 6.79 Å². The van der Waals surface area contributed by atoms with E-state index >= 15 is 0 Å². The van der Waals surface area contributed by atoms with Gasteiger partial charge >= 0.3 is 6.03 Å². The van der Waals surface area contributed by atoms with E-state index in [0.29, 0.717) is 32.9 Å². The fourth-order valence-corrected chi connectivity index (χ4v) is 4.57. The molecule has 1 atom stereocenters. The molecule has 2 aliphatic heterocycles. The van der Waals surface area contributed by atoms with E-state index < -0.39 is 11.6 Å². The second kappa shape index (κ2) is 7.39. The van der Waals surface area contributed by atoms with Gasteiger partial charge in [-0.1, -0.05) is 29.3 Å². The first-order chi connectivity index (χ1) is 13.4. The van der Waals surface area contributed by atoms with Crippen LogP contribution >= 0.6 is 35.0 Å². The molecule has 28 heavy (non-hydrogen) atoms. The van der Waals surface area contributed by atoms with Crippen molar-refractivity contribution in [2.45, 2.75) is 17.4 Å². The zero-order chi connectivity index (χ0) is 19.9. The minimum Gasteiger partial charge on any atom is -0.454 e. The molecule has 2 aliphatic rings. The van der Waals surface area contributed by atoms with Gasteiger partial charge < -0.3 is 14.8 Å². The first-order valence-corrected chi connectivity index (χ1v) is 10.2. The Balaban J connectivity index is 1.47. The highest BCUT2D eigenvalue weighted by atomic mass is 35.5. The number of thioether (sulfide) groups is 1. The largest absolute Gasteiger partial charge is 0.454 e. The molecule has 9 heteroatoms. The molecule has 146 valence electrons. The molecule has 3 amide bonds. The number of imide groups is 1. The molecule has 1 N–H and O–H groups in total. The smallest absolute Gasteiger partial charge is 0.325 e. The predicted molar refractivity (Wildman–Crippen MR) is 107 cm³/mol. The molecule has 0 radical (unpaired) electrons. The molecule has 0 saturated carbocycles. The number of rotatable bonds is 5. The van der Waals surface area contributed by atoms with Crippen LogP contribution in [0, 0.1) is 0 Å². The average molecular weight is 439 g/mol. The highest BCUT2D eigenvalue weighted by molar-refractivity contribution is 7.99. The molecule has 4 rings (SSSR count). The number of nitrogens with zero attached hydrogens (tertiary/aromatic N) is 1. The summed E-state index contributed by atoms with van der Waals surface area (Å²) in [6, 6.07) is 9.99. The van der Waals surface area contributed by atoms with Gasteiger partial charge in [0.25, 0.3) is 5.91 Å². The first kappa shape index (κ1) is 19.2. The summed E-state index contributed by atoms with van der Waals surface area (Å²) in [6.45, 7) is 2.08. The van der Waals surface area contributed by atoms with Crippen molar-refractivity contribution in [3.05, 3.63) is 52.0 Å². The van der Waals surface area contributed by atoms with E-state index in [1.807, 2.05) is 0 Å². The Hall–Kier alpha value is -2.09. The van der Waals surface area contributed by atoms with E-state index in [1.54, 1.807) is 43.3 Å². The molecule has 0 spiro atoms. The molecule has 0 aromatic heterocycles. The van der Waals surface area contributed by atoms with Crippen molar-refractivity contribution in [3.8, 4) is 11.5 Å². The van der Waals surface area contributed by atoms with Crippen LogP contribution in [-0.2, 0) is 10.3 Å². The highest BCUT2D eigenvalue weighted by Gasteiger charge is 2.49. The van der Waals surface area contributed by atoms with Gasteiger partial charge in [-0.15, -0.1) is 11.8 Å². The lowest BCUT2D eigenvalue weighted by Crippen LogP contribution is -2.41. The zero-order valence-corrected chi connectivity index (χ0v) is 17.2. The van der Waals surface area contributed by atoms with Gasteiger partial charge in [-0.2, -0.15) is 0 Å². The molecule has 1 saturated heterocycles. The monoisotopic (exact) mass is 438 g/mol. The average Bonchev–Trinajstić information content (AvgIpc) is 3.22. The lowest BCUT2D eigenvalue weighted by atomic mass is 9.91. The fourth-order valence-electron chi connectivity index (χ4n) is 3.14. The molecule has 0 aliphatic carbocycles. The SMILES string of the molecule is C[C@]1(c2ccc3c(c2)OCO3)NC(=O)N(CCSc2cc(Cl)ccc2Cl)C1=O. The number of carbonyl (C=O) groups is 2. The van der Waals surface area contributed by atoms with E-state index in [0.717, 1.165) is 4.90 Å². The van der Waals surface area contributed by atoms with Gasteiger partial charge in [0.1, 0.15) is 5.54 Å². The summed E-state index contributed by atoms with van der Waals surface area (Å²) in [5.41, 5.74) is -0.515. The van der Waals surface area contributed by atoms with Crippen LogP contribution in [0.5, 0.6) is 11.5 Å². The molecule has 0 bridgehead atoms. The van der Waals surface area contributed by atoms with Gasteiger partial charge in [0.05, 0.1) is 5.02 Å². The minimum atomic E-state index is -1.16. The van der Waals surface area contributed by atoms with E-state index in [-0.39, 0.29) is 19.2 Å². The third kappa shape index (κ3) is 3.38. The van der Waals surface area contributed by atoms with Crippen LogP contribution in [0.25, 0.3) is 0 Å². The Morgan fingerprint density at radius 3 is 2.75 bits per heavy atom. The second-order valence-electron chi connectivity index (χ2n) is 6.50. The van der Waals surface area contributed by atoms with Crippen molar-refractivity contribution in [2.24, 2.45) is 0 Å². The van der Waals surface area contributed by atoms with Gasteiger partial charge in [0.15, 0.2) is 11.5 Å². The molecule has 0 unspecified atom stereocenters. The Bertz CT molecular complexity index is 971. The number of carbonyl (C=O) groups excluding carboxylic acids is 2. The maximum absolute atomic E-state index is 13.0. The first-order valence-electron chi connectivity index (χ1n) is 8.50. The predicted octanol–water partition coefficient (Wildman–Crippen LogP) is 4.28. The summed E-state index contributed by atoms with van der Waals surface area (Å²) >= 11 is 13.6. The number of ether oxygens (including phenoxy) is 2. The van der Waals surface area contributed by atoms with Crippen LogP contribution < -0.4 is 14.8 Å². The van der Waals surface area contributed by atoms with Crippen LogP contribution in [0.2, 0.25) is 10.0 Å². The summed E-state index contributed by atoms with van der Waals surface area (Å²) < 4.78 is 10.7. The fraction of sp³-hybridized carbons (Fsp3) is 0.263. The summed E-state index contributed by atoms with van der Waals surface area (Å²) in [6.07, 6.45) is 0. The topological polar surface area (TPSA) is 67.9 Å². The van der Waals surface area contributed by atoms with Crippen LogP contribution in [0.1, 0.15) is 12.5 Å². The van der Waals surface area contributed by atoms with Crippen LogP contribution in [0.3, 0.4) is 0 Å². The van der Waals surface area contributed by atoms with Crippen molar-refractivity contribution < 1.29 is 19.1 Å². The van der Waals surface area contributed by atoms with Gasteiger partial charge in [0, 0.05) is 22.2 Å². The maximum Gasteiger partial charge on any atom is 0.325 e. The third-order valence-corrected chi connectivity index (χ3v) is 6.40. The zero-order valence-electron chi connectivity index (χ0n) is 14.8. The molecule has 2 aromatic carbocycles. The second-order valence-corrected chi connectivity index (χ2v) is 8.48. The van der Waals surface area contributed by atoms with Crippen molar-refractivity contribution in [2.75, 3.05) is 19.1 Å². The number of fused-ring (bicyclic) bond motifs is 1. The summed E-state index contributed by atoms with van der Waals surface area (Å²) in [4.78, 5) is 27.5. The van der Waals surface area contributed by atoms with Gasteiger partial charge in [-0.05, 0) is 42.8 Å². The van der Waals surface area contributed by atoms with E-state index in [2.05, 4.69) is 5.32 Å². The Morgan fingerprint density at radius 2 is 1.93 bits per heavy atom. The summed E-state index contributed by atoms with van der Waals surface area (Å²) in [7, 11) is 0. The minimum absolute atomic E-state index is 0.144. The van der Waals surface area contributed by atoms with Gasteiger partial charge in [-0.25, -0.2) is 4.79 Å². The Kier molecular flexibility index (Phi) is 5.07. The Morgan fingerprint density at radius 1 is 1.14 bits per heavy atom. The van der Waals surface area contributed by atoms with E-state index in [4.69, 9.17) is 32.7 Å². The van der Waals surface area contributed by atoms with Gasteiger partial charge in [-0.3, -0.25) is 9.69 Å². The molecule has 6 nitrogen and oxygen atoms in total. The van der Waals surface area contributed by atoms with Crippen molar-refractivity contribution in [1.82, 2.24) is 10.2 Å². The van der Waals surface area contributed by atoms with Crippen molar-refractivity contribution in [3.63, 3.8) is 0 Å². The lowest BCUT2D eigenvalue weighted by Gasteiger charge is -2.22.